The van der Waals surface area contributed by atoms with Crippen LogP contribution in [0.5, 0.6) is 0 Å². The summed E-state index contributed by atoms with van der Waals surface area (Å²) in [7, 11) is 0. The van der Waals surface area contributed by atoms with E-state index in [2.05, 4.69) is 0 Å². The summed E-state index contributed by atoms with van der Waals surface area (Å²) >= 11 is 0. The van der Waals surface area contributed by atoms with Crippen LogP contribution in [0.1, 0.15) is 18.9 Å². The zero-order chi connectivity index (χ0) is 9.31. The Hall–Kier alpha value is -0.860. The van der Waals surface area contributed by atoms with Crippen LogP contribution in [0.25, 0.3) is 0 Å². The SMILES string of the molecule is C[C@]1(c2ccccc2)C[C@H](O)CO1. The Labute approximate surface area is 78.2 Å². The van der Waals surface area contributed by atoms with Crippen LogP contribution in [-0.2, 0) is 10.3 Å². The maximum absolute atomic E-state index is 9.40. The molecule has 2 rings (SSSR count). The molecule has 0 saturated carbocycles. The van der Waals surface area contributed by atoms with Crippen molar-refractivity contribution in [2.45, 2.75) is 25.0 Å². The minimum Gasteiger partial charge on any atom is -0.391 e. The van der Waals surface area contributed by atoms with Gasteiger partial charge in [0.2, 0.25) is 0 Å². The molecule has 1 aromatic rings. The van der Waals surface area contributed by atoms with Crippen molar-refractivity contribution < 1.29 is 9.84 Å². The summed E-state index contributed by atoms with van der Waals surface area (Å²) in [4.78, 5) is 0. The lowest BCUT2D eigenvalue weighted by molar-refractivity contribution is 0.0126. The van der Waals surface area contributed by atoms with Crippen LogP contribution in [0.15, 0.2) is 30.3 Å². The van der Waals surface area contributed by atoms with Gasteiger partial charge in [0, 0.05) is 6.42 Å². The molecule has 0 unspecified atom stereocenters. The second-order valence-electron chi connectivity index (χ2n) is 3.77. The van der Waals surface area contributed by atoms with E-state index >= 15 is 0 Å². The highest BCUT2D eigenvalue weighted by molar-refractivity contribution is 5.22. The van der Waals surface area contributed by atoms with E-state index < -0.39 is 0 Å². The fourth-order valence-electron chi connectivity index (χ4n) is 1.84. The van der Waals surface area contributed by atoms with Crippen LogP contribution >= 0.6 is 0 Å². The summed E-state index contributed by atoms with van der Waals surface area (Å²) in [6.07, 6.45) is 0.377. The molecule has 2 atom stereocenters. The molecule has 0 amide bonds. The minimum atomic E-state index is -0.315. The monoisotopic (exact) mass is 178 g/mol. The zero-order valence-electron chi connectivity index (χ0n) is 7.73. The summed E-state index contributed by atoms with van der Waals surface area (Å²) in [5.74, 6) is 0. The number of aliphatic hydroxyl groups excluding tert-OH is 1. The molecule has 1 aromatic carbocycles. The molecule has 1 heterocycles. The van der Waals surface area contributed by atoms with Gasteiger partial charge in [0.1, 0.15) is 0 Å². The predicted molar refractivity (Wildman–Crippen MR) is 50.4 cm³/mol. The molecule has 1 N–H and O–H groups in total. The summed E-state index contributed by atoms with van der Waals surface area (Å²) < 4.78 is 5.59. The lowest BCUT2D eigenvalue weighted by Gasteiger charge is -2.23. The fourth-order valence-corrected chi connectivity index (χ4v) is 1.84. The van der Waals surface area contributed by atoms with Crippen molar-refractivity contribution in [1.82, 2.24) is 0 Å². The molecule has 0 aliphatic carbocycles. The molecule has 0 spiro atoms. The number of ether oxygens (including phenoxy) is 1. The Morgan fingerprint density at radius 1 is 1.38 bits per heavy atom. The summed E-state index contributed by atoms with van der Waals surface area (Å²) in [6, 6.07) is 10.1. The lowest BCUT2D eigenvalue weighted by Crippen LogP contribution is -2.20. The molecule has 0 radical (unpaired) electrons. The number of rotatable bonds is 1. The van der Waals surface area contributed by atoms with Gasteiger partial charge in [-0.15, -0.1) is 0 Å². The van der Waals surface area contributed by atoms with E-state index in [1.54, 1.807) is 0 Å². The first-order valence-electron chi connectivity index (χ1n) is 4.58. The van der Waals surface area contributed by atoms with Crippen molar-refractivity contribution in [1.29, 1.82) is 0 Å². The van der Waals surface area contributed by atoms with E-state index in [1.165, 1.54) is 0 Å². The van der Waals surface area contributed by atoms with Crippen LogP contribution in [0.4, 0.5) is 0 Å². The molecule has 1 saturated heterocycles. The lowest BCUT2D eigenvalue weighted by atomic mass is 9.92. The Bertz CT molecular complexity index is 283. The van der Waals surface area contributed by atoms with E-state index in [0.29, 0.717) is 13.0 Å². The van der Waals surface area contributed by atoms with Crippen LogP contribution in [-0.4, -0.2) is 17.8 Å². The number of benzene rings is 1. The second kappa shape index (κ2) is 3.13. The van der Waals surface area contributed by atoms with Crippen LogP contribution in [0, 0.1) is 0 Å². The van der Waals surface area contributed by atoms with Crippen molar-refractivity contribution in [2.75, 3.05) is 6.61 Å². The average molecular weight is 178 g/mol. The van der Waals surface area contributed by atoms with Crippen molar-refractivity contribution in [3.63, 3.8) is 0 Å². The molecule has 2 heteroatoms. The van der Waals surface area contributed by atoms with Crippen molar-refractivity contribution in [3.05, 3.63) is 35.9 Å². The summed E-state index contributed by atoms with van der Waals surface area (Å²) in [5, 5.41) is 9.40. The van der Waals surface area contributed by atoms with Crippen LogP contribution in [0.3, 0.4) is 0 Å². The Morgan fingerprint density at radius 2 is 2.08 bits per heavy atom. The van der Waals surface area contributed by atoms with Gasteiger partial charge in [-0.25, -0.2) is 0 Å². The number of aliphatic hydroxyl groups is 1. The van der Waals surface area contributed by atoms with E-state index in [-0.39, 0.29) is 11.7 Å². The van der Waals surface area contributed by atoms with Crippen LogP contribution in [0.2, 0.25) is 0 Å². The van der Waals surface area contributed by atoms with Gasteiger partial charge < -0.3 is 9.84 Å². The molecular formula is C11H14O2. The topological polar surface area (TPSA) is 29.5 Å². The molecule has 2 nitrogen and oxygen atoms in total. The highest BCUT2D eigenvalue weighted by Crippen LogP contribution is 2.35. The summed E-state index contributed by atoms with van der Waals surface area (Å²) in [6.45, 7) is 2.48. The smallest absolute Gasteiger partial charge is 0.0930 e. The van der Waals surface area contributed by atoms with Crippen molar-refractivity contribution in [3.8, 4) is 0 Å². The molecule has 70 valence electrons. The maximum Gasteiger partial charge on any atom is 0.0930 e. The average Bonchev–Trinajstić information content (AvgIpc) is 2.49. The van der Waals surface area contributed by atoms with Gasteiger partial charge in [-0.05, 0) is 12.5 Å². The largest absolute Gasteiger partial charge is 0.391 e. The van der Waals surface area contributed by atoms with Gasteiger partial charge >= 0.3 is 0 Å². The zero-order valence-corrected chi connectivity index (χ0v) is 7.73. The predicted octanol–water partition coefficient (Wildman–Crippen LogP) is 1.68. The molecular weight excluding hydrogens is 164 g/mol. The van der Waals surface area contributed by atoms with E-state index in [4.69, 9.17) is 4.74 Å². The Kier molecular flexibility index (Phi) is 2.10. The third kappa shape index (κ3) is 1.60. The normalized spacial score (nSPS) is 33.5. The van der Waals surface area contributed by atoms with Gasteiger partial charge in [0.05, 0.1) is 18.3 Å². The molecule has 1 fully saturated rings. The summed E-state index contributed by atoms with van der Waals surface area (Å²) in [5.41, 5.74) is 0.854. The quantitative estimate of drug-likeness (QED) is 0.709. The standard InChI is InChI=1S/C11H14O2/c1-11(7-10(12)8-13-11)9-5-3-2-4-6-9/h2-6,10,12H,7-8H2,1H3/t10-,11+/m0/s1. The molecule has 13 heavy (non-hydrogen) atoms. The second-order valence-corrected chi connectivity index (χ2v) is 3.77. The molecule has 0 bridgehead atoms. The Balaban J connectivity index is 2.26. The van der Waals surface area contributed by atoms with Crippen molar-refractivity contribution >= 4 is 0 Å². The van der Waals surface area contributed by atoms with Crippen LogP contribution < -0.4 is 0 Å². The first-order chi connectivity index (χ1) is 6.21. The van der Waals surface area contributed by atoms with Gasteiger partial charge in [-0.3, -0.25) is 0 Å². The van der Waals surface area contributed by atoms with Crippen molar-refractivity contribution in [2.24, 2.45) is 0 Å². The number of hydrogen-bond acceptors (Lipinski definition) is 2. The third-order valence-corrected chi connectivity index (χ3v) is 2.60. The Morgan fingerprint density at radius 3 is 2.62 bits per heavy atom. The van der Waals surface area contributed by atoms with E-state index in [9.17, 15) is 5.11 Å². The first kappa shape index (κ1) is 8.73. The highest BCUT2D eigenvalue weighted by atomic mass is 16.5. The highest BCUT2D eigenvalue weighted by Gasteiger charge is 2.36. The van der Waals surface area contributed by atoms with Gasteiger partial charge in [-0.2, -0.15) is 0 Å². The first-order valence-corrected chi connectivity index (χ1v) is 4.58. The fraction of sp³-hybridized carbons (Fsp3) is 0.455. The molecule has 1 aliphatic rings. The van der Waals surface area contributed by atoms with E-state index in [0.717, 1.165) is 5.56 Å². The molecule has 1 aliphatic heterocycles. The van der Waals surface area contributed by atoms with Gasteiger partial charge in [-0.1, -0.05) is 30.3 Å². The van der Waals surface area contributed by atoms with Gasteiger partial charge in [0.25, 0.3) is 0 Å². The van der Waals surface area contributed by atoms with Gasteiger partial charge in [0.15, 0.2) is 0 Å². The number of hydrogen-bond donors (Lipinski definition) is 1. The van der Waals surface area contributed by atoms with E-state index in [1.807, 2.05) is 37.3 Å². The molecule has 0 aromatic heterocycles. The minimum absolute atomic E-state index is 0.291. The maximum atomic E-state index is 9.40. The third-order valence-electron chi connectivity index (χ3n) is 2.60.